The number of hydrogen-bond acceptors (Lipinski definition) is 4. The van der Waals surface area contributed by atoms with Crippen molar-refractivity contribution >= 4 is 33.2 Å². The molecule has 1 atom stereocenters. The third kappa shape index (κ3) is 4.74. The summed E-state index contributed by atoms with van der Waals surface area (Å²) >= 11 is 6.30. The molecule has 0 bridgehead atoms. The molecule has 0 saturated heterocycles. The van der Waals surface area contributed by atoms with Crippen LogP contribution in [0.2, 0.25) is 5.02 Å². The van der Waals surface area contributed by atoms with Crippen molar-refractivity contribution in [3.05, 3.63) is 88.9 Å². The van der Waals surface area contributed by atoms with E-state index in [0.717, 1.165) is 9.87 Å². The summed E-state index contributed by atoms with van der Waals surface area (Å²) in [4.78, 5) is 14.7. The minimum Gasteiger partial charge on any atom is -0.497 e. The van der Waals surface area contributed by atoms with Crippen LogP contribution >= 0.6 is 11.6 Å². The number of sulfonamides is 1. The Bertz CT molecular complexity index is 1200. The van der Waals surface area contributed by atoms with E-state index in [2.05, 4.69) is 0 Å². The highest BCUT2D eigenvalue weighted by Crippen LogP contribution is 2.29. The van der Waals surface area contributed by atoms with Gasteiger partial charge in [0.2, 0.25) is 0 Å². The minimum atomic E-state index is -3.92. The number of halogens is 1. The van der Waals surface area contributed by atoms with Crippen molar-refractivity contribution in [1.82, 2.24) is 4.90 Å². The van der Waals surface area contributed by atoms with Gasteiger partial charge in [-0.3, -0.25) is 9.10 Å². The van der Waals surface area contributed by atoms with E-state index in [-0.39, 0.29) is 27.4 Å². The number of amides is 1. The fourth-order valence-electron chi connectivity index (χ4n) is 3.24. The Labute approximate surface area is 194 Å². The molecule has 0 N–H and O–H groups in total. The summed E-state index contributed by atoms with van der Waals surface area (Å²) in [5, 5.41) is 0.188. The molecule has 1 amide bonds. The summed E-state index contributed by atoms with van der Waals surface area (Å²) in [7, 11) is 0.743. The Morgan fingerprint density at radius 3 is 2.19 bits per heavy atom. The Morgan fingerprint density at radius 2 is 1.59 bits per heavy atom. The number of rotatable bonds is 7. The van der Waals surface area contributed by atoms with Gasteiger partial charge in [0.1, 0.15) is 5.75 Å². The predicted molar refractivity (Wildman–Crippen MR) is 127 cm³/mol. The first kappa shape index (κ1) is 23.6. The number of methoxy groups -OCH3 is 1. The quantitative estimate of drug-likeness (QED) is 0.485. The maximum Gasteiger partial charge on any atom is 0.264 e. The van der Waals surface area contributed by atoms with E-state index in [1.165, 1.54) is 32.4 Å². The fraction of sp³-hybridized carbons (Fsp3) is 0.208. The van der Waals surface area contributed by atoms with E-state index in [0.29, 0.717) is 11.4 Å². The van der Waals surface area contributed by atoms with Gasteiger partial charge in [-0.25, -0.2) is 8.42 Å². The first-order chi connectivity index (χ1) is 15.2. The summed E-state index contributed by atoms with van der Waals surface area (Å²) in [5.41, 5.74) is 1.55. The van der Waals surface area contributed by atoms with Gasteiger partial charge < -0.3 is 9.64 Å². The largest absolute Gasteiger partial charge is 0.497 e. The maximum absolute atomic E-state index is 13.2. The van der Waals surface area contributed by atoms with Gasteiger partial charge in [0.15, 0.2) is 0 Å². The monoisotopic (exact) mass is 472 g/mol. The molecule has 0 aromatic heterocycles. The summed E-state index contributed by atoms with van der Waals surface area (Å²) < 4.78 is 32.7. The number of benzene rings is 3. The Hall–Kier alpha value is -3.03. The van der Waals surface area contributed by atoms with Crippen molar-refractivity contribution in [2.75, 3.05) is 25.5 Å². The standard InChI is InChI=1S/C24H25ClN2O4S/c1-17(18-8-6-5-7-9-18)26(2)24(28)22-16-21(14-15-23(22)25)32(29,30)27(3)19-10-12-20(31-4)13-11-19/h5-17H,1-4H3. The van der Waals surface area contributed by atoms with Gasteiger partial charge in [0.25, 0.3) is 15.9 Å². The van der Waals surface area contributed by atoms with E-state index >= 15 is 0 Å². The molecule has 0 heterocycles. The lowest BCUT2D eigenvalue weighted by Gasteiger charge is -2.26. The van der Waals surface area contributed by atoms with Gasteiger partial charge in [0.05, 0.1) is 34.3 Å². The van der Waals surface area contributed by atoms with Crippen molar-refractivity contribution in [2.24, 2.45) is 0 Å². The van der Waals surface area contributed by atoms with Gasteiger partial charge in [-0.1, -0.05) is 41.9 Å². The first-order valence-corrected chi connectivity index (χ1v) is 11.7. The van der Waals surface area contributed by atoms with Crippen molar-refractivity contribution in [1.29, 1.82) is 0 Å². The van der Waals surface area contributed by atoms with Crippen molar-refractivity contribution in [3.8, 4) is 5.75 Å². The van der Waals surface area contributed by atoms with Crippen molar-refractivity contribution in [2.45, 2.75) is 17.9 Å². The van der Waals surface area contributed by atoms with E-state index in [1.54, 1.807) is 36.2 Å². The normalized spacial score (nSPS) is 12.2. The molecule has 6 nitrogen and oxygen atoms in total. The van der Waals surface area contributed by atoms with Crippen LogP contribution in [0.5, 0.6) is 5.75 Å². The Balaban J connectivity index is 1.92. The highest BCUT2D eigenvalue weighted by Gasteiger charge is 2.26. The highest BCUT2D eigenvalue weighted by molar-refractivity contribution is 7.92. The average Bonchev–Trinajstić information content (AvgIpc) is 2.82. The third-order valence-corrected chi connectivity index (χ3v) is 7.56. The molecule has 0 fully saturated rings. The number of nitrogens with zero attached hydrogens (tertiary/aromatic N) is 2. The maximum atomic E-state index is 13.2. The molecule has 0 spiro atoms. The minimum absolute atomic E-state index is 0.0238. The fourth-order valence-corrected chi connectivity index (χ4v) is 4.66. The van der Waals surface area contributed by atoms with E-state index in [4.69, 9.17) is 16.3 Å². The molecule has 3 aromatic rings. The molecular weight excluding hydrogens is 448 g/mol. The van der Waals surface area contributed by atoms with Crippen LogP contribution in [-0.4, -0.2) is 40.4 Å². The molecule has 0 aliphatic carbocycles. The predicted octanol–water partition coefficient (Wildman–Crippen LogP) is 5.01. The van der Waals surface area contributed by atoms with Crippen molar-refractivity contribution in [3.63, 3.8) is 0 Å². The molecule has 1 unspecified atom stereocenters. The summed E-state index contributed by atoms with van der Waals surface area (Å²) in [6.45, 7) is 1.90. The molecule has 3 aromatic carbocycles. The van der Waals surface area contributed by atoms with Crippen LogP contribution < -0.4 is 9.04 Å². The average molecular weight is 473 g/mol. The lowest BCUT2D eigenvalue weighted by molar-refractivity contribution is 0.0742. The van der Waals surface area contributed by atoms with Crippen LogP contribution in [-0.2, 0) is 10.0 Å². The second-order valence-electron chi connectivity index (χ2n) is 7.31. The Kier molecular flexibility index (Phi) is 7.11. The van der Waals surface area contributed by atoms with Crippen molar-refractivity contribution < 1.29 is 17.9 Å². The van der Waals surface area contributed by atoms with Gasteiger partial charge >= 0.3 is 0 Å². The van der Waals surface area contributed by atoms with E-state index in [1.807, 2.05) is 37.3 Å². The second-order valence-corrected chi connectivity index (χ2v) is 9.69. The van der Waals surface area contributed by atoms with Crippen LogP contribution in [0.25, 0.3) is 0 Å². The highest BCUT2D eigenvalue weighted by atomic mass is 35.5. The molecular formula is C24H25ClN2O4S. The summed E-state index contributed by atoms with van der Waals surface area (Å²) in [5.74, 6) is 0.255. The van der Waals surface area contributed by atoms with Crippen LogP contribution in [0.1, 0.15) is 28.9 Å². The van der Waals surface area contributed by atoms with Crippen LogP contribution in [0.15, 0.2) is 77.7 Å². The third-order valence-electron chi connectivity index (χ3n) is 5.45. The number of ether oxygens (including phenoxy) is 1. The molecule has 0 saturated carbocycles. The number of carbonyl (C=O) groups excluding carboxylic acids is 1. The van der Waals surface area contributed by atoms with E-state index in [9.17, 15) is 13.2 Å². The zero-order valence-corrected chi connectivity index (χ0v) is 19.9. The summed E-state index contributed by atoms with van der Waals surface area (Å²) in [6.07, 6.45) is 0. The summed E-state index contributed by atoms with van der Waals surface area (Å²) in [6, 6.07) is 20.2. The van der Waals surface area contributed by atoms with E-state index < -0.39 is 10.0 Å². The second kappa shape index (κ2) is 9.63. The van der Waals surface area contributed by atoms with Gasteiger partial charge in [0, 0.05) is 14.1 Å². The topological polar surface area (TPSA) is 66.9 Å². The van der Waals surface area contributed by atoms with Crippen LogP contribution in [0, 0.1) is 0 Å². The number of carbonyl (C=O) groups is 1. The SMILES string of the molecule is COc1ccc(N(C)S(=O)(=O)c2ccc(Cl)c(C(=O)N(C)C(C)c3ccccc3)c2)cc1. The molecule has 168 valence electrons. The zero-order chi connectivity index (χ0) is 23.5. The Morgan fingerprint density at radius 1 is 0.969 bits per heavy atom. The first-order valence-electron chi connectivity index (χ1n) is 9.91. The lowest BCUT2D eigenvalue weighted by Crippen LogP contribution is -2.30. The molecule has 32 heavy (non-hydrogen) atoms. The smallest absolute Gasteiger partial charge is 0.264 e. The number of hydrogen-bond donors (Lipinski definition) is 0. The van der Waals surface area contributed by atoms with Crippen LogP contribution in [0.3, 0.4) is 0 Å². The zero-order valence-electron chi connectivity index (χ0n) is 18.3. The molecule has 0 aliphatic rings. The van der Waals surface area contributed by atoms with Gasteiger partial charge in [-0.15, -0.1) is 0 Å². The van der Waals surface area contributed by atoms with Gasteiger partial charge in [-0.05, 0) is 55.0 Å². The molecule has 8 heteroatoms. The molecule has 0 radical (unpaired) electrons. The van der Waals surface area contributed by atoms with Gasteiger partial charge in [-0.2, -0.15) is 0 Å². The molecule has 3 rings (SSSR count). The van der Waals surface area contributed by atoms with Crippen LogP contribution in [0.4, 0.5) is 5.69 Å². The number of anilines is 1. The molecule has 0 aliphatic heterocycles. The lowest BCUT2D eigenvalue weighted by atomic mass is 10.1.